The molecule has 0 fully saturated rings. The first-order valence-corrected chi connectivity index (χ1v) is 8.89. The molecule has 2 N–H and O–H groups in total. The van der Waals surface area contributed by atoms with Crippen molar-refractivity contribution in [1.29, 1.82) is 0 Å². The van der Waals surface area contributed by atoms with Gasteiger partial charge in [0.25, 0.3) is 5.56 Å². The molecule has 0 saturated carbocycles. The number of hydrogen-bond donors (Lipinski definition) is 2. The molecule has 8 heteroatoms. The van der Waals surface area contributed by atoms with E-state index in [0.29, 0.717) is 5.75 Å². The third-order valence-corrected chi connectivity index (χ3v) is 5.28. The highest BCUT2D eigenvalue weighted by Gasteiger charge is 2.14. The molecule has 0 aliphatic heterocycles. The number of nitrogens with one attached hydrogen (secondary N) is 2. The quantitative estimate of drug-likeness (QED) is 0.621. The van der Waals surface area contributed by atoms with E-state index in [1.54, 1.807) is 11.8 Å². The normalized spacial score (nSPS) is 11.5. The van der Waals surface area contributed by atoms with Gasteiger partial charge in [-0.25, -0.2) is 13.1 Å². The van der Waals surface area contributed by atoms with Crippen molar-refractivity contribution in [2.45, 2.75) is 9.79 Å². The van der Waals surface area contributed by atoms with Gasteiger partial charge in [0.2, 0.25) is 10.0 Å². The number of aromatic amines is 1. The molecule has 1 aromatic heterocycles. The molecule has 0 spiro atoms. The second kappa shape index (κ2) is 7.13. The zero-order chi connectivity index (χ0) is 15.3. The standard InChI is InChI=1S/C13H13ClN2O3S2/c14-12-8-11(9-15-13(12)17)21(18,19)16-6-7-20-10-4-2-1-3-5-10/h1-5,8-9,16H,6-7H2,(H,15,17). The Hall–Kier alpha value is -1.28. The number of H-pyrrole nitrogens is 1. The van der Waals surface area contributed by atoms with Gasteiger partial charge < -0.3 is 4.98 Å². The van der Waals surface area contributed by atoms with Crippen LogP contribution in [0.15, 0.2) is 57.2 Å². The minimum absolute atomic E-state index is 0.0585. The summed E-state index contributed by atoms with van der Waals surface area (Å²) < 4.78 is 26.5. The molecule has 2 rings (SSSR count). The number of thioether (sulfide) groups is 1. The maximum absolute atomic E-state index is 12.0. The van der Waals surface area contributed by atoms with Crippen LogP contribution in [0.5, 0.6) is 0 Å². The van der Waals surface area contributed by atoms with E-state index < -0.39 is 15.6 Å². The van der Waals surface area contributed by atoms with E-state index in [2.05, 4.69) is 9.71 Å². The Morgan fingerprint density at radius 1 is 1.24 bits per heavy atom. The van der Waals surface area contributed by atoms with Crippen LogP contribution in [-0.2, 0) is 10.0 Å². The van der Waals surface area contributed by atoms with Gasteiger partial charge in [-0.3, -0.25) is 4.79 Å². The molecule has 5 nitrogen and oxygen atoms in total. The van der Waals surface area contributed by atoms with E-state index in [0.717, 1.165) is 17.2 Å². The summed E-state index contributed by atoms with van der Waals surface area (Å²) in [5.41, 5.74) is -0.518. The smallest absolute Gasteiger partial charge is 0.266 e. The predicted octanol–water partition coefficient (Wildman–Crippen LogP) is 2.10. The van der Waals surface area contributed by atoms with Gasteiger partial charge >= 0.3 is 0 Å². The summed E-state index contributed by atoms with van der Waals surface area (Å²) >= 11 is 7.17. The minimum atomic E-state index is -3.67. The monoisotopic (exact) mass is 344 g/mol. The maximum Gasteiger partial charge on any atom is 0.266 e. The molecule has 0 radical (unpaired) electrons. The minimum Gasteiger partial charge on any atom is -0.326 e. The summed E-state index contributed by atoms with van der Waals surface area (Å²) in [6.45, 7) is 0.276. The first kappa shape index (κ1) is 16.1. The number of benzene rings is 1. The van der Waals surface area contributed by atoms with Crippen molar-refractivity contribution in [2.75, 3.05) is 12.3 Å². The summed E-state index contributed by atoms with van der Waals surface area (Å²) in [5, 5.41) is -0.156. The molecule has 21 heavy (non-hydrogen) atoms. The molecular weight excluding hydrogens is 332 g/mol. The predicted molar refractivity (Wildman–Crippen MR) is 84.4 cm³/mol. The highest BCUT2D eigenvalue weighted by Crippen LogP contribution is 2.16. The Morgan fingerprint density at radius 2 is 1.95 bits per heavy atom. The molecule has 1 heterocycles. The first-order chi connectivity index (χ1) is 9.99. The van der Waals surface area contributed by atoms with E-state index in [4.69, 9.17) is 11.6 Å². The van der Waals surface area contributed by atoms with Gasteiger partial charge in [0.15, 0.2) is 0 Å². The van der Waals surface area contributed by atoms with Gasteiger partial charge in [0.1, 0.15) is 5.02 Å². The topological polar surface area (TPSA) is 79.0 Å². The zero-order valence-corrected chi connectivity index (χ0v) is 13.3. The van der Waals surface area contributed by atoms with Crippen molar-refractivity contribution in [1.82, 2.24) is 9.71 Å². The van der Waals surface area contributed by atoms with Crippen LogP contribution in [0, 0.1) is 0 Å². The van der Waals surface area contributed by atoms with E-state index in [-0.39, 0.29) is 16.5 Å². The molecule has 0 unspecified atom stereocenters. The van der Waals surface area contributed by atoms with Crippen LogP contribution in [-0.4, -0.2) is 25.7 Å². The van der Waals surface area contributed by atoms with Gasteiger partial charge in [-0.1, -0.05) is 29.8 Å². The number of halogens is 1. The Balaban J connectivity index is 1.92. The van der Waals surface area contributed by atoms with Crippen molar-refractivity contribution in [3.8, 4) is 0 Å². The highest BCUT2D eigenvalue weighted by atomic mass is 35.5. The third kappa shape index (κ3) is 4.60. The fourth-order valence-electron chi connectivity index (χ4n) is 1.54. The summed E-state index contributed by atoms with van der Waals surface area (Å²) in [7, 11) is -3.67. The van der Waals surface area contributed by atoms with Crippen LogP contribution < -0.4 is 10.3 Å². The Kier molecular flexibility index (Phi) is 5.46. The Bertz CT molecular complexity index is 760. The molecule has 1 aromatic carbocycles. The van der Waals surface area contributed by atoms with Gasteiger partial charge in [-0.2, -0.15) is 0 Å². The fourth-order valence-corrected chi connectivity index (χ4v) is 3.72. The van der Waals surface area contributed by atoms with Crippen LogP contribution in [0.25, 0.3) is 0 Å². The molecule has 0 aliphatic rings. The van der Waals surface area contributed by atoms with Crippen molar-refractivity contribution in [3.05, 3.63) is 58.0 Å². The second-order valence-corrected chi connectivity index (χ2v) is 7.41. The lowest BCUT2D eigenvalue weighted by Gasteiger charge is -2.06. The highest BCUT2D eigenvalue weighted by molar-refractivity contribution is 7.99. The largest absolute Gasteiger partial charge is 0.326 e. The van der Waals surface area contributed by atoms with Crippen LogP contribution in [0.3, 0.4) is 0 Å². The Labute approximate surface area is 131 Å². The molecule has 0 saturated heterocycles. The average Bonchev–Trinajstić information content (AvgIpc) is 2.47. The lowest BCUT2D eigenvalue weighted by atomic mass is 10.4. The molecule has 0 aliphatic carbocycles. The van der Waals surface area contributed by atoms with Crippen molar-refractivity contribution in [3.63, 3.8) is 0 Å². The molecular formula is C13H13ClN2O3S2. The second-order valence-electron chi connectivity index (χ2n) is 4.07. The molecule has 0 bridgehead atoms. The lowest BCUT2D eigenvalue weighted by Crippen LogP contribution is -2.26. The van der Waals surface area contributed by atoms with Crippen LogP contribution in [0.4, 0.5) is 0 Å². The summed E-state index contributed by atoms with van der Waals surface area (Å²) in [6.07, 6.45) is 1.13. The van der Waals surface area contributed by atoms with Crippen LogP contribution in [0.2, 0.25) is 5.02 Å². The summed E-state index contributed by atoms with van der Waals surface area (Å²) in [5.74, 6) is 0.598. The van der Waals surface area contributed by atoms with E-state index >= 15 is 0 Å². The van der Waals surface area contributed by atoms with Crippen LogP contribution >= 0.6 is 23.4 Å². The molecule has 0 amide bonds. The Morgan fingerprint density at radius 3 is 2.62 bits per heavy atom. The van der Waals surface area contributed by atoms with E-state index in [1.165, 1.54) is 0 Å². The van der Waals surface area contributed by atoms with Crippen molar-refractivity contribution < 1.29 is 8.42 Å². The average molecular weight is 345 g/mol. The van der Waals surface area contributed by atoms with Crippen molar-refractivity contribution in [2.24, 2.45) is 0 Å². The van der Waals surface area contributed by atoms with Crippen molar-refractivity contribution >= 4 is 33.4 Å². The van der Waals surface area contributed by atoms with Gasteiger partial charge in [-0.05, 0) is 18.2 Å². The number of sulfonamides is 1. The number of aromatic nitrogens is 1. The van der Waals surface area contributed by atoms with E-state index in [9.17, 15) is 13.2 Å². The van der Waals surface area contributed by atoms with Gasteiger partial charge in [0, 0.05) is 23.4 Å². The molecule has 2 aromatic rings. The van der Waals surface area contributed by atoms with Gasteiger partial charge in [-0.15, -0.1) is 11.8 Å². The third-order valence-electron chi connectivity index (χ3n) is 2.55. The molecule has 0 atom stereocenters. The fraction of sp³-hybridized carbons (Fsp3) is 0.154. The summed E-state index contributed by atoms with van der Waals surface area (Å²) in [4.78, 5) is 14.4. The van der Waals surface area contributed by atoms with E-state index in [1.807, 2.05) is 30.3 Å². The zero-order valence-electron chi connectivity index (χ0n) is 10.9. The molecule has 112 valence electrons. The lowest BCUT2D eigenvalue weighted by molar-refractivity contribution is 0.583. The maximum atomic E-state index is 12.0. The SMILES string of the molecule is O=c1[nH]cc(S(=O)(=O)NCCSc2ccccc2)cc1Cl. The number of rotatable bonds is 6. The van der Waals surface area contributed by atoms with Crippen LogP contribution in [0.1, 0.15) is 0 Å². The van der Waals surface area contributed by atoms with Gasteiger partial charge in [0.05, 0.1) is 4.90 Å². The number of hydrogen-bond acceptors (Lipinski definition) is 4. The number of pyridine rings is 1. The summed E-state index contributed by atoms with van der Waals surface area (Å²) in [6, 6.07) is 10.8. The first-order valence-electron chi connectivity index (χ1n) is 6.05.